The first-order valence-corrected chi connectivity index (χ1v) is 6.00. The van der Waals surface area contributed by atoms with Crippen LogP contribution >= 0.6 is 0 Å². The molecule has 0 aliphatic carbocycles. The van der Waals surface area contributed by atoms with Crippen molar-refractivity contribution >= 4 is 16.1 Å². The lowest BCUT2D eigenvalue weighted by Crippen LogP contribution is -2.33. The molecule has 4 heteroatoms. The first kappa shape index (κ1) is 11.9. The van der Waals surface area contributed by atoms with Crippen molar-refractivity contribution in [1.82, 2.24) is 0 Å². The van der Waals surface area contributed by atoms with Crippen LogP contribution in [0.5, 0.6) is 0 Å². The van der Waals surface area contributed by atoms with E-state index in [4.69, 9.17) is 0 Å². The van der Waals surface area contributed by atoms with Gasteiger partial charge >= 0.3 is 0 Å². The zero-order valence-corrected chi connectivity index (χ0v) is 9.76. The van der Waals surface area contributed by atoms with Crippen LogP contribution in [0.3, 0.4) is 0 Å². The number of carbonyl (C=O) groups excluding carboxylic acids is 1. The summed E-state index contributed by atoms with van der Waals surface area (Å²) in [6.45, 7) is 4.55. The van der Waals surface area contributed by atoms with E-state index in [0.717, 1.165) is 5.56 Å². The Hall–Kier alpha value is -1.16. The molecule has 0 bridgehead atoms. The summed E-state index contributed by atoms with van der Waals surface area (Å²) < 4.78 is 22.4. The monoisotopic (exact) mass is 225 g/mol. The fourth-order valence-corrected chi connectivity index (χ4v) is 2.26. The van der Waals surface area contributed by atoms with Gasteiger partial charge in [-0.15, -0.1) is 0 Å². The molecule has 0 N–H and O–H groups in total. The molecular weight excluding hydrogens is 212 g/mol. The van der Waals surface area contributed by atoms with Gasteiger partial charge in [-0.2, -0.15) is 0 Å². The molecule has 0 aliphatic rings. The van der Waals surface area contributed by atoms with E-state index in [1.54, 1.807) is 18.4 Å². The Bertz CT molecular complexity index is 455. The molecule has 3 nitrogen and oxygen atoms in total. The van der Waals surface area contributed by atoms with Crippen LogP contribution in [-0.4, -0.2) is 19.5 Å². The maximum absolute atomic E-state index is 11.9. The van der Waals surface area contributed by atoms with Crippen molar-refractivity contribution in [3.63, 3.8) is 0 Å². The molecule has 0 saturated heterocycles. The Kier molecular flexibility index (Phi) is 3.00. The standard InChI is InChI=1S/C11H13O3S/c1-9-4-6-10(7-5-9)15(13,14)11(2,3)8-12/h4-7H,1-3H3. The van der Waals surface area contributed by atoms with E-state index in [9.17, 15) is 13.2 Å². The van der Waals surface area contributed by atoms with Crippen molar-refractivity contribution in [2.45, 2.75) is 30.4 Å². The van der Waals surface area contributed by atoms with Crippen LogP contribution < -0.4 is 0 Å². The average Bonchev–Trinajstić information content (AvgIpc) is 2.18. The maximum Gasteiger partial charge on any atom is 0.221 e. The molecule has 0 spiro atoms. The van der Waals surface area contributed by atoms with E-state index in [-0.39, 0.29) is 4.90 Å². The van der Waals surface area contributed by atoms with Gasteiger partial charge in [-0.3, -0.25) is 4.79 Å². The Morgan fingerprint density at radius 3 is 2.00 bits per heavy atom. The molecule has 0 aromatic heterocycles. The summed E-state index contributed by atoms with van der Waals surface area (Å²) in [7, 11) is -3.63. The van der Waals surface area contributed by atoms with Crippen LogP contribution in [-0.2, 0) is 14.6 Å². The van der Waals surface area contributed by atoms with E-state index in [0.29, 0.717) is 0 Å². The summed E-state index contributed by atoms with van der Waals surface area (Å²) in [4.78, 5) is 10.8. The molecule has 0 heterocycles. The molecule has 81 valence electrons. The van der Waals surface area contributed by atoms with Crippen molar-refractivity contribution in [2.75, 3.05) is 0 Å². The molecule has 0 saturated carbocycles. The van der Waals surface area contributed by atoms with Crippen LogP contribution in [0.15, 0.2) is 29.2 Å². The second-order valence-corrected chi connectivity index (χ2v) is 6.43. The molecule has 1 rings (SSSR count). The smallest absolute Gasteiger partial charge is 0.221 e. The first-order valence-electron chi connectivity index (χ1n) is 4.52. The number of hydrogen-bond donors (Lipinski definition) is 0. The summed E-state index contributed by atoms with van der Waals surface area (Å²) in [5.74, 6) is 0. The Labute approximate surface area is 90.0 Å². The number of hydrogen-bond acceptors (Lipinski definition) is 3. The number of aryl methyl sites for hydroxylation is 1. The van der Waals surface area contributed by atoms with Crippen molar-refractivity contribution in [3.05, 3.63) is 29.8 Å². The van der Waals surface area contributed by atoms with Crippen LogP contribution in [0.1, 0.15) is 19.4 Å². The zero-order chi connectivity index (χ0) is 11.7. The van der Waals surface area contributed by atoms with Gasteiger partial charge < -0.3 is 0 Å². The van der Waals surface area contributed by atoms with E-state index in [2.05, 4.69) is 0 Å². The predicted octanol–water partition coefficient (Wildman–Crippen LogP) is 1.66. The highest BCUT2D eigenvalue weighted by Gasteiger charge is 2.36. The quantitative estimate of drug-likeness (QED) is 0.786. The molecule has 0 atom stereocenters. The Morgan fingerprint density at radius 1 is 1.13 bits per heavy atom. The highest BCUT2D eigenvalue weighted by molar-refractivity contribution is 7.93. The zero-order valence-electron chi connectivity index (χ0n) is 8.94. The van der Waals surface area contributed by atoms with Crippen LogP contribution in [0.2, 0.25) is 0 Å². The largest absolute Gasteiger partial charge is 0.289 e. The first-order chi connectivity index (χ1) is 6.81. The second kappa shape index (κ2) is 3.77. The molecule has 1 aromatic carbocycles. The molecular formula is C11H13O3S. The average molecular weight is 225 g/mol. The van der Waals surface area contributed by atoms with Gasteiger partial charge in [0, 0.05) is 0 Å². The minimum Gasteiger partial charge on any atom is -0.289 e. The van der Waals surface area contributed by atoms with Gasteiger partial charge in [0.25, 0.3) is 0 Å². The number of rotatable bonds is 3. The van der Waals surface area contributed by atoms with E-state index in [1.165, 1.54) is 26.0 Å². The minimum atomic E-state index is -3.63. The van der Waals surface area contributed by atoms with Crippen LogP contribution in [0, 0.1) is 6.92 Å². The van der Waals surface area contributed by atoms with Gasteiger partial charge in [0.1, 0.15) is 4.75 Å². The summed E-state index contributed by atoms with van der Waals surface area (Å²) >= 11 is 0. The minimum absolute atomic E-state index is 0.154. The molecule has 0 unspecified atom stereocenters. The van der Waals surface area contributed by atoms with Gasteiger partial charge in [-0.1, -0.05) is 17.7 Å². The van der Waals surface area contributed by atoms with Crippen molar-refractivity contribution in [2.24, 2.45) is 0 Å². The predicted molar refractivity (Wildman–Crippen MR) is 58.1 cm³/mol. The Balaban J connectivity index is 3.30. The summed E-state index contributed by atoms with van der Waals surface area (Å²) in [5, 5.41) is 0. The van der Waals surface area contributed by atoms with Crippen LogP contribution in [0.4, 0.5) is 0 Å². The Morgan fingerprint density at radius 2 is 1.60 bits per heavy atom. The summed E-state index contributed by atoms with van der Waals surface area (Å²) in [6, 6.07) is 6.41. The third-order valence-corrected chi connectivity index (χ3v) is 4.57. The molecule has 0 amide bonds. The van der Waals surface area contributed by atoms with Gasteiger partial charge in [0.2, 0.25) is 6.29 Å². The fraction of sp³-hybridized carbons (Fsp3) is 0.364. The van der Waals surface area contributed by atoms with Crippen molar-refractivity contribution in [3.8, 4) is 0 Å². The molecule has 1 aromatic rings. The molecule has 0 aliphatic heterocycles. The number of benzene rings is 1. The fourth-order valence-electron chi connectivity index (χ4n) is 1.07. The SMILES string of the molecule is Cc1ccc(S(=O)(=O)C(C)(C)[C]=O)cc1. The summed E-state index contributed by atoms with van der Waals surface area (Å²) in [5.41, 5.74) is 0.974. The van der Waals surface area contributed by atoms with Gasteiger partial charge in [-0.05, 0) is 32.9 Å². The van der Waals surface area contributed by atoms with E-state index in [1.807, 2.05) is 6.92 Å². The second-order valence-electron chi connectivity index (χ2n) is 3.93. The third kappa shape index (κ3) is 2.09. The normalized spacial score (nSPS) is 12.5. The topological polar surface area (TPSA) is 51.2 Å². The van der Waals surface area contributed by atoms with Crippen molar-refractivity contribution < 1.29 is 13.2 Å². The van der Waals surface area contributed by atoms with Gasteiger partial charge in [0.05, 0.1) is 4.90 Å². The van der Waals surface area contributed by atoms with E-state index < -0.39 is 14.6 Å². The lowest BCUT2D eigenvalue weighted by molar-refractivity contribution is 0.528. The summed E-state index contributed by atoms with van der Waals surface area (Å²) in [6.07, 6.45) is 1.56. The van der Waals surface area contributed by atoms with Gasteiger partial charge in [-0.25, -0.2) is 8.42 Å². The molecule has 1 radical (unpaired) electrons. The lowest BCUT2D eigenvalue weighted by Gasteiger charge is -2.16. The maximum atomic E-state index is 11.9. The van der Waals surface area contributed by atoms with Crippen molar-refractivity contribution in [1.29, 1.82) is 0 Å². The molecule has 15 heavy (non-hydrogen) atoms. The third-order valence-electron chi connectivity index (χ3n) is 2.25. The lowest BCUT2D eigenvalue weighted by atomic mass is 10.2. The molecule has 0 fully saturated rings. The highest BCUT2D eigenvalue weighted by Crippen LogP contribution is 2.23. The number of sulfone groups is 1. The van der Waals surface area contributed by atoms with Gasteiger partial charge in [0.15, 0.2) is 9.84 Å². The highest BCUT2D eigenvalue weighted by atomic mass is 32.2. The van der Waals surface area contributed by atoms with E-state index >= 15 is 0 Å². The van der Waals surface area contributed by atoms with Crippen LogP contribution in [0.25, 0.3) is 0 Å².